The van der Waals surface area contributed by atoms with Crippen LogP contribution >= 0.6 is 0 Å². The molecule has 0 aliphatic heterocycles. The van der Waals surface area contributed by atoms with Crippen molar-refractivity contribution < 1.29 is 9.59 Å². The summed E-state index contributed by atoms with van der Waals surface area (Å²) in [5.41, 5.74) is 4.86. The zero-order valence-corrected chi connectivity index (χ0v) is 24.0. The quantitative estimate of drug-likeness (QED) is 0.191. The molecule has 4 heterocycles. The normalized spacial score (nSPS) is 14.5. The van der Waals surface area contributed by atoms with Crippen LogP contribution in [0.15, 0.2) is 49.1 Å². The average molecular weight is 597 g/mol. The Hall–Kier alpha value is -5.28. The first-order valence-corrected chi connectivity index (χ1v) is 14.8. The summed E-state index contributed by atoms with van der Waals surface area (Å²) in [5.74, 6) is 0.663. The molecule has 226 valence electrons. The summed E-state index contributed by atoms with van der Waals surface area (Å²) in [6.07, 6.45) is 13.6. The van der Waals surface area contributed by atoms with E-state index in [9.17, 15) is 9.59 Å². The lowest BCUT2D eigenvalue weighted by molar-refractivity contribution is -0.117. The van der Waals surface area contributed by atoms with Crippen LogP contribution in [0.3, 0.4) is 0 Å². The van der Waals surface area contributed by atoms with Crippen LogP contribution < -0.4 is 10.6 Å². The van der Waals surface area contributed by atoms with Crippen molar-refractivity contribution in [2.45, 2.75) is 76.5 Å². The van der Waals surface area contributed by atoms with Crippen LogP contribution in [0.4, 0.5) is 11.4 Å². The maximum atomic E-state index is 12.6. The van der Waals surface area contributed by atoms with Crippen LogP contribution in [0, 0.1) is 0 Å². The highest BCUT2D eigenvalue weighted by Crippen LogP contribution is 2.39. The molecule has 16 nitrogen and oxygen atoms in total. The third-order valence-corrected chi connectivity index (χ3v) is 7.53. The molecule has 2 amide bonds. The van der Waals surface area contributed by atoms with Crippen LogP contribution in [0.1, 0.15) is 60.3 Å². The highest BCUT2D eigenvalue weighted by atomic mass is 16.2. The van der Waals surface area contributed by atoms with Gasteiger partial charge in [-0.25, -0.2) is 9.36 Å². The number of carbonyl (C=O) groups is 2. The molecular weight excluding hydrogens is 564 g/mol. The molecule has 4 aromatic heterocycles. The highest BCUT2D eigenvalue weighted by molar-refractivity contribution is 5.92. The van der Waals surface area contributed by atoms with Gasteiger partial charge in [-0.05, 0) is 49.9 Å². The Bertz CT molecular complexity index is 1610. The lowest BCUT2D eigenvalue weighted by atomic mass is 10.2. The summed E-state index contributed by atoms with van der Waals surface area (Å²) < 4.78 is 6.66. The minimum atomic E-state index is -0.238. The second-order valence-corrected chi connectivity index (χ2v) is 11.4. The van der Waals surface area contributed by atoms with Gasteiger partial charge in [0.15, 0.2) is 0 Å². The first-order valence-electron chi connectivity index (χ1n) is 14.8. The fraction of sp³-hybridized carbons (Fsp3) is 0.429. The van der Waals surface area contributed by atoms with E-state index in [0.717, 1.165) is 22.8 Å². The Morgan fingerprint density at radius 3 is 1.41 bits per heavy atom. The van der Waals surface area contributed by atoms with E-state index in [2.05, 4.69) is 51.9 Å². The van der Waals surface area contributed by atoms with E-state index in [4.69, 9.17) is 0 Å². The van der Waals surface area contributed by atoms with Gasteiger partial charge in [-0.3, -0.25) is 19.0 Å². The van der Waals surface area contributed by atoms with Gasteiger partial charge in [0.25, 0.3) is 0 Å². The van der Waals surface area contributed by atoms with Crippen molar-refractivity contribution in [3.8, 4) is 0 Å². The molecule has 2 fully saturated rings. The minimum absolute atomic E-state index is 0.0286. The lowest BCUT2D eigenvalue weighted by Gasteiger charge is -2.08. The largest absolute Gasteiger partial charge is 0.324 e. The number of aryl methyl sites for hydroxylation is 4. The number of rotatable bonds is 14. The van der Waals surface area contributed by atoms with Gasteiger partial charge < -0.3 is 10.6 Å². The van der Waals surface area contributed by atoms with Crippen molar-refractivity contribution in [2.24, 2.45) is 0 Å². The SMILES string of the molecule is O=C(Cn1cc(CCn2cc(C3CC3)nn2)nn1)Nc1ccc(NC(=O)Cn2cc(CCn3cc(C4CC4)nn3)nn2)cc1. The molecule has 0 bridgehead atoms. The fourth-order valence-electron chi connectivity index (χ4n) is 4.83. The first-order chi connectivity index (χ1) is 21.5. The van der Waals surface area contributed by atoms with Crippen LogP contribution in [0.2, 0.25) is 0 Å². The molecule has 16 heteroatoms. The summed E-state index contributed by atoms with van der Waals surface area (Å²) in [6, 6.07) is 6.89. The molecule has 2 saturated carbocycles. The Balaban J connectivity index is 0.825. The summed E-state index contributed by atoms with van der Waals surface area (Å²) in [6.45, 7) is 1.36. The number of anilines is 2. The number of nitrogens with zero attached hydrogens (tertiary/aromatic N) is 12. The molecule has 2 aliphatic carbocycles. The van der Waals surface area contributed by atoms with Gasteiger partial charge >= 0.3 is 0 Å². The highest BCUT2D eigenvalue weighted by Gasteiger charge is 2.27. The topological polar surface area (TPSA) is 181 Å². The number of hydrogen-bond acceptors (Lipinski definition) is 10. The average Bonchev–Trinajstić information content (AvgIpc) is 3.81. The Kier molecular flexibility index (Phi) is 7.60. The fourth-order valence-corrected chi connectivity index (χ4v) is 4.83. The molecule has 5 aromatic rings. The second kappa shape index (κ2) is 12.1. The van der Waals surface area contributed by atoms with Gasteiger partial charge in [0, 0.05) is 73.9 Å². The van der Waals surface area contributed by atoms with Crippen molar-refractivity contribution in [1.82, 2.24) is 60.0 Å². The van der Waals surface area contributed by atoms with Crippen LogP contribution in [0.5, 0.6) is 0 Å². The Morgan fingerprint density at radius 1 is 0.591 bits per heavy atom. The molecule has 0 saturated heterocycles. The summed E-state index contributed by atoms with van der Waals surface area (Å²) in [7, 11) is 0. The van der Waals surface area contributed by atoms with E-state index < -0.39 is 0 Å². The molecule has 1 aromatic carbocycles. The van der Waals surface area contributed by atoms with Gasteiger partial charge in [0.05, 0.1) is 22.8 Å². The molecule has 2 N–H and O–H groups in total. The van der Waals surface area contributed by atoms with Gasteiger partial charge in [-0.1, -0.05) is 20.9 Å². The molecule has 0 atom stereocenters. The van der Waals surface area contributed by atoms with Crippen molar-refractivity contribution in [1.29, 1.82) is 0 Å². The molecule has 44 heavy (non-hydrogen) atoms. The number of aromatic nitrogens is 12. The van der Waals surface area contributed by atoms with E-state index in [0.29, 0.717) is 49.1 Å². The lowest BCUT2D eigenvalue weighted by Crippen LogP contribution is -2.20. The zero-order valence-electron chi connectivity index (χ0n) is 24.0. The maximum absolute atomic E-state index is 12.6. The van der Waals surface area contributed by atoms with Crippen LogP contribution in [0.25, 0.3) is 0 Å². The summed E-state index contributed by atoms with van der Waals surface area (Å²) >= 11 is 0. The van der Waals surface area contributed by atoms with E-state index in [1.807, 2.05) is 21.8 Å². The minimum Gasteiger partial charge on any atom is -0.324 e. The smallest absolute Gasteiger partial charge is 0.246 e. The number of hydrogen-bond donors (Lipinski definition) is 2. The number of carbonyl (C=O) groups excluding carboxylic acids is 2. The van der Waals surface area contributed by atoms with E-state index in [1.165, 1.54) is 35.0 Å². The van der Waals surface area contributed by atoms with Crippen molar-refractivity contribution in [3.63, 3.8) is 0 Å². The van der Waals surface area contributed by atoms with Gasteiger partial charge in [-0.2, -0.15) is 0 Å². The zero-order chi connectivity index (χ0) is 29.9. The van der Waals surface area contributed by atoms with Crippen LogP contribution in [-0.4, -0.2) is 71.8 Å². The van der Waals surface area contributed by atoms with Crippen LogP contribution in [-0.2, 0) is 48.6 Å². The molecule has 0 spiro atoms. The second-order valence-electron chi connectivity index (χ2n) is 11.4. The molecule has 0 radical (unpaired) electrons. The maximum Gasteiger partial charge on any atom is 0.246 e. The predicted octanol–water partition coefficient (Wildman–Crippen LogP) is 1.57. The third-order valence-electron chi connectivity index (χ3n) is 7.53. The van der Waals surface area contributed by atoms with Gasteiger partial charge in [0.2, 0.25) is 11.8 Å². The van der Waals surface area contributed by atoms with Crippen molar-refractivity contribution in [3.05, 3.63) is 71.8 Å². The molecule has 2 aliphatic rings. The monoisotopic (exact) mass is 596 g/mol. The van der Waals surface area contributed by atoms with E-state index in [1.54, 1.807) is 36.7 Å². The van der Waals surface area contributed by atoms with Crippen molar-refractivity contribution >= 4 is 23.2 Å². The van der Waals surface area contributed by atoms with E-state index in [-0.39, 0.29) is 24.9 Å². The number of amides is 2. The van der Waals surface area contributed by atoms with Gasteiger partial charge in [0.1, 0.15) is 13.1 Å². The van der Waals surface area contributed by atoms with E-state index >= 15 is 0 Å². The number of nitrogens with one attached hydrogen (secondary N) is 2. The van der Waals surface area contributed by atoms with Crippen molar-refractivity contribution in [2.75, 3.05) is 10.6 Å². The molecule has 7 rings (SSSR count). The van der Waals surface area contributed by atoms with Gasteiger partial charge in [-0.15, -0.1) is 20.4 Å². The summed E-state index contributed by atoms with van der Waals surface area (Å²) in [4.78, 5) is 25.1. The third kappa shape index (κ3) is 7.19. The number of benzene rings is 1. The molecular formula is C28H32N14O2. The first kappa shape index (κ1) is 27.5. The Morgan fingerprint density at radius 2 is 1.00 bits per heavy atom. The standard InChI is InChI=1S/C28H32N14O2/c43-27(17-41-13-23(31-35-41)9-11-39-15-25(33-37-39)19-1-2-19)29-21-5-7-22(8-6-21)30-28(44)18-42-14-24(32-36-42)10-12-40-16-26(34-38-40)20-3-4-20/h5-8,13-16,19-20H,1-4,9-12,17-18H2,(H,29,43)(H,30,44). The Labute approximate surface area is 251 Å². The summed E-state index contributed by atoms with van der Waals surface area (Å²) in [5, 5.41) is 38.9. The predicted molar refractivity (Wildman–Crippen MR) is 155 cm³/mol. The molecule has 0 unspecified atom stereocenters.